The van der Waals surface area contributed by atoms with Gasteiger partial charge in [-0.15, -0.1) is 0 Å². The first-order chi connectivity index (χ1) is 8.81. The molecular formula is C13H13N3O2. The minimum Gasteiger partial charge on any atom is -0.474 e. The summed E-state index contributed by atoms with van der Waals surface area (Å²) in [7, 11) is 0. The van der Waals surface area contributed by atoms with Crippen LogP contribution in [0.2, 0.25) is 0 Å². The van der Waals surface area contributed by atoms with E-state index >= 15 is 0 Å². The monoisotopic (exact) mass is 243 g/mol. The molecule has 0 aliphatic heterocycles. The Hall–Kier alpha value is -2.40. The number of amides is 1. The van der Waals surface area contributed by atoms with Crippen LogP contribution in [0.5, 0.6) is 5.75 Å². The quantitative estimate of drug-likeness (QED) is 0.480. The number of nitrogens with one attached hydrogen (secondary N) is 1. The van der Waals surface area contributed by atoms with Gasteiger partial charge in [-0.2, -0.15) is 0 Å². The minimum absolute atomic E-state index is 0.412. The molecule has 0 spiro atoms. The summed E-state index contributed by atoms with van der Waals surface area (Å²) in [6, 6.07) is 12.6. The summed E-state index contributed by atoms with van der Waals surface area (Å²) in [5.74, 6) is 5.27. The van der Waals surface area contributed by atoms with Crippen molar-refractivity contribution in [3.05, 3.63) is 60.4 Å². The standard InChI is InChI=1S/C13H13N3O2/c14-16-13(17)12(10-5-2-1-3-6-10)18-11-7-4-8-15-9-11/h1-9,12H,14H2,(H,16,17). The van der Waals surface area contributed by atoms with Crippen LogP contribution in [0, 0.1) is 0 Å². The zero-order chi connectivity index (χ0) is 12.8. The minimum atomic E-state index is -0.791. The molecule has 1 amide bonds. The zero-order valence-electron chi connectivity index (χ0n) is 9.61. The van der Waals surface area contributed by atoms with Gasteiger partial charge in [-0.25, -0.2) is 5.84 Å². The molecule has 5 nitrogen and oxygen atoms in total. The van der Waals surface area contributed by atoms with Gasteiger partial charge in [0.25, 0.3) is 5.91 Å². The lowest BCUT2D eigenvalue weighted by Gasteiger charge is -2.17. The van der Waals surface area contributed by atoms with Crippen LogP contribution in [0.25, 0.3) is 0 Å². The van der Waals surface area contributed by atoms with Crippen molar-refractivity contribution in [1.82, 2.24) is 10.4 Å². The number of ether oxygens (including phenoxy) is 1. The summed E-state index contributed by atoms with van der Waals surface area (Å²) in [6.45, 7) is 0. The normalized spacial score (nSPS) is 11.6. The largest absolute Gasteiger partial charge is 0.474 e. The molecular weight excluding hydrogens is 230 g/mol. The second-order valence-electron chi connectivity index (χ2n) is 3.61. The summed E-state index contributed by atoms with van der Waals surface area (Å²) in [6.07, 6.45) is 2.38. The first-order valence-electron chi connectivity index (χ1n) is 5.43. The molecule has 0 saturated heterocycles. The van der Waals surface area contributed by atoms with E-state index in [0.29, 0.717) is 5.75 Å². The summed E-state index contributed by atoms with van der Waals surface area (Å²) >= 11 is 0. The molecule has 1 unspecified atom stereocenters. The van der Waals surface area contributed by atoms with Gasteiger partial charge in [0.2, 0.25) is 6.10 Å². The van der Waals surface area contributed by atoms with Gasteiger partial charge < -0.3 is 4.74 Å². The lowest BCUT2D eigenvalue weighted by Crippen LogP contribution is -2.37. The van der Waals surface area contributed by atoms with Crippen LogP contribution in [-0.4, -0.2) is 10.9 Å². The van der Waals surface area contributed by atoms with Crippen LogP contribution in [-0.2, 0) is 4.79 Å². The zero-order valence-corrected chi connectivity index (χ0v) is 9.61. The number of rotatable bonds is 4. The molecule has 92 valence electrons. The van der Waals surface area contributed by atoms with E-state index in [1.807, 2.05) is 18.2 Å². The lowest BCUT2D eigenvalue weighted by atomic mass is 10.1. The molecule has 0 saturated carbocycles. The Morgan fingerprint density at radius 1 is 1.22 bits per heavy atom. The third kappa shape index (κ3) is 2.83. The van der Waals surface area contributed by atoms with Crippen molar-refractivity contribution in [2.24, 2.45) is 5.84 Å². The number of nitrogens with two attached hydrogens (primary N) is 1. The summed E-state index contributed by atoms with van der Waals surface area (Å²) in [5, 5.41) is 0. The molecule has 1 aromatic heterocycles. The topological polar surface area (TPSA) is 77.2 Å². The number of nitrogens with zero attached hydrogens (tertiary/aromatic N) is 1. The first kappa shape index (κ1) is 12.1. The highest BCUT2D eigenvalue weighted by atomic mass is 16.5. The summed E-state index contributed by atoms with van der Waals surface area (Å²) in [4.78, 5) is 15.7. The molecule has 0 radical (unpaired) electrons. The molecule has 0 aliphatic carbocycles. The summed E-state index contributed by atoms with van der Waals surface area (Å²) in [5.41, 5.74) is 2.83. The SMILES string of the molecule is NNC(=O)C(Oc1cccnc1)c1ccccc1. The maximum Gasteiger partial charge on any atom is 0.279 e. The molecule has 5 heteroatoms. The van der Waals surface area contributed by atoms with Crippen molar-refractivity contribution >= 4 is 5.91 Å². The van der Waals surface area contributed by atoms with E-state index < -0.39 is 12.0 Å². The number of hydrogen-bond donors (Lipinski definition) is 2. The Kier molecular flexibility index (Phi) is 3.88. The highest BCUT2D eigenvalue weighted by Crippen LogP contribution is 2.20. The van der Waals surface area contributed by atoms with E-state index in [1.54, 1.807) is 36.7 Å². The van der Waals surface area contributed by atoms with Gasteiger partial charge in [0.1, 0.15) is 5.75 Å². The predicted molar refractivity (Wildman–Crippen MR) is 66.4 cm³/mol. The van der Waals surface area contributed by atoms with Crippen molar-refractivity contribution in [3.63, 3.8) is 0 Å². The highest BCUT2D eigenvalue weighted by molar-refractivity contribution is 5.81. The Labute approximate surface area is 105 Å². The fourth-order valence-electron chi connectivity index (χ4n) is 1.53. The van der Waals surface area contributed by atoms with Crippen LogP contribution < -0.4 is 16.0 Å². The second kappa shape index (κ2) is 5.79. The molecule has 2 aromatic rings. The van der Waals surface area contributed by atoms with Gasteiger partial charge in [0, 0.05) is 11.8 Å². The molecule has 0 fully saturated rings. The molecule has 1 heterocycles. The van der Waals surface area contributed by atoms with Gasteiger partial charge in [0.05, 0.1) is 6.20 Å². The lowest BCUT2D eigenvalue weighted by molar-refractivity contribution is -0.128. The molecule has 18 heavy (non-hydrogen) atoms. The second-order valence-corrected chi connectivity index (χ2v) is 3.61. The van der Waals surface area contributed by atoms with Crippen molar-refractivity contribution < 1.29 is 9.53 Å². The van der Waals surface area contributed by atoms with Gasteiger partial charge in [0.15, 0.2) is 0 Å². The average molecular weight is 243 g/mol. The van der Waals surface area contributed by atoms with Crippen LogP contribution in [0.3, 0.4) is 0 Å². The van der Waals surface area contributed by atoms with Gasteiger partial charge in [-0.05, 0) is 12.1 Å². The predicted octanol–water partition coefficient (Wildman–Crippen LogP) is 1.19. The fraction of sp³-hybridized carbons (Fsp3) is 0.0769. The first-order valence-corrected chi connectivity index (χ1v) is 5.43. The number of hydrogen-bond acceptors (Lipinski definition) is 4. The number of carbonyl (C=O) groups excluding carboxylic acids is 1. The van der Waals surface area contributed by atoms with Gasteiger partial charge in [-0.1, -0.05) is 30.3 Å². The molecule has 3 N–H and O–H groups in total. The van der Waals surface area contributed by atoms with Crippen LogP contribution in [0.15, 0.2) is 54.9 Å². The van der Waals surface area contributed by atoms with E-state index in [0.717, 1.165) is 5.56 Å². The van der Waals surface area contributed by atoms with E-state index in [-0.39, 0.29) is 0 Å². The Balaban J connectivity index is 2.24. The third-order valence-corrected chi connectivity index (χ3v) is 2.37. The number of pyridine rings is 1. The van der Waals surface area contributed by atoms with Crippen LogP contribution >= 0.6 is 0 Å². The number of carbonyl (C=O) groups is 1. The number of aromatic nitrogens is 1. The fourth-order valence-corrected chi connectivity index (χ4v) is 1.53. The van der Waals surface area contributed by atoms with E-state index in [2.05, 4.69) is 10.4 Å². The van der Waals surface area contributed by atoms with E-state index in [9.17, 15) is 4.79 Å². The van der Waals surface area contributed by atoms with Crippen LogP contribution in [0.4, 0.5) is 0 Å². The van der Waals surface area contributed by atoms with E-state index in [4.69, 9.17) is 10.6 Å². The van der Waals surface area contributed by atoms with Crippen LogP contribution in [0.1, 0.15) is 11.7 Å². The average Bonchev–Trinajstić information content (AvgIpc) is 2.46. The Morgan fingerprint density at radius 2 is 2.00 bits per heavy atom. The smallest absolute Gasteiger partial charge is 0.279 e. The molecule has 0 aliphatic rings. The van der Waals surface area contributed by atoms with Crippen molar-refractivity contribution in [2.75, 3.05) is 0 Å². The van der Waals surface area contributed by atoms with Crippen molar-refractivity contribution in [3.8, 4) is 5.75 Å². The Bertz CT molecular complexity index is 502. The summed E-state index contributed by atoms with van der Waals surface area (Å²) < 4.78 is 5.60. The Morgan fingerprint density at radius 3 is 2.61 bits per heavy atom. The molecule has 0 bridgehead atoms. The van der Waals surface area contributed by atoms with Gasteiger partial charge >= 0.3 is 0 Å². The number of hydrazine groups is 1. The van der Waals surface area contributed by atoms with Crippen molar-refractivity contribution in [2.45, 2.75) is 6.10 Å². The molecule has 1 aromatic carbocycles. The molecule has 1 atom stereocenters. The maximum atomic E-state index is 11.7. The maximum absolute atomic E-state index is 11.7. The third-order valence-electron chi connectivity index (χ3n) is 2.37. The highest BCUT2D eigenvalue weighted by Gasteiger charge is 2.21. The van der Waals surface area contributed by atoms with Crippen molar-refractivity contribution in [1.29, 1.82) is 0 Å². The van der Waals surface area contributed by atoms with Gasteiger partial charge in [-0.3, -0.25) is 15.2 Å². The van der Waals surface area contributed by atoms with E-state index in [1.165, 1.54) is 0 Å². The molecule has 2 rings (SSSR count). The number of benzene rings is 1.